The van der Waals surface area contributed by atoms with E-state index in [-0.39, 0.29) is 22.1 Å². The maximum Gasteiger partial charge on any atom is 0.435 e. The highest BCUT2D eigenvalue weighted by atomic mass is 32.2. The second-order valence-electron chi connectivity index (χ2n) is 6.20. The molecule has 1 aromatic heterocycles. The van der Waals surface area contributed by atoms with E-state index in [1.54, 1.807) is 18.2 Å². The molecule has 0 radical (unpaired) electrons. The Balaban J connectivity index is 1.98. The first kappa shape index (κ1) is 20.9. The fraction of sp³-hybridized carbons (Fsp3) is 0.333. The van der Waals surface area contributed by atoms with Gasteiger partial charge in [0.15, 0.2) is 5.69 Å². The van der Waals surface area contributed by atoms with Crippen LogP contribution in [-0.4, -0.2) is 35.0 Å². The molecule has 0 spiro atoms. The number of benzene rings is 1. The molecule has 1 aliphatic rings. The van der Waals surface area contributed by atoms with Crippen molar-refractivity contribution in [1.82, 2.24) is 9.78 Å². The van der Waals surface area contributed by atoms with Crippen molar-refractivity contribution < 1.29 is 32.3 Å². The minimum absolute atomic E-state index is 0.0694. The average Bonchev–Trinajstić information content (AvgIpc) is 3.48. The standard InChI is InChI=1S/C18H16F3N3O4S/c1-24-15(29-13-6-4-3-5-11(13)17(26)27-2)12(14(23-24)18(19,20)21)9-22-28-16(25)10-7-8-10/h3-6,9-10H,7-8H2,1-2H3/b22-9-. The number of aromatic nitrogens is 2. The summed E-state index contributed by atoms with van der Waals surface area (Å²) in [5, 5.41) is 7.04. The number of nitrogens with zero attached hydrogens (tertiary/aromatic N) is 3. The highest BCUT2D eigenvalue weighted by molar-refractivity contribution is 7.99. The number of carbonyl (C=O) groups excluding carboxylic acids is 2. The van der Waals surface area contributed by atoms with Crippen molar-refractivity contribution >= 4 is 29.9 Å². The van der Waals surface area contributed by atoms with E-state index < -0.39 is 23.8 Å². The molecule has 0 atom stereocenters. The van der Waals surface area contributed by atoms with E-state index in [0.717, 1.165) is 22.7 Å². The third-order valence-corrected chi connectivity index (χ3v) is 5.29. The maximum atomic E-state index is 13.4. The van der Waals surface area contributed by atoms with Crippen LogP contribution in [0.3, 0.4) is 0 Å². The molecular weight excluding hydrogens is 411 g/mol. The summed E-state index contributed by atoms with van der Waals surface area (Å²) in [6.07, 6.45) is -2.57. The maximum absolute atomic E-state index is 13.4. The summed E-state index contributed by atoms with van der Waals surface area (Å²) < 4.78 is 46.1. The quantitative estimate of drug-likeness (QED) is 0.303. The van der Waals surface area contributed by atoms with Gasteiger partial charge in [-0.05, 0) is 25.0 Å². The predicted octanol–water partition coefficient (Wildman–Crippen LogP) is 3.66. The van der Waals surface area contributed by atoms with Gasteiger partial charge in [0.1, 0.15) is 5.03 Å². The summed E-state index contributed by atoms with van der Waals surface area (Å²) >= 11 is 0.893. The van der Waals surface area contributed by atoms with E-state index in [1.807, 2.05) is 0 Å². The molecule has 0 N–H and O–H groups in total. The van der Waals surface area contributed by atoms with Crippen molar-refractivity contribution in [2.24, 2.45) is 18.1 Å². The van der Waals surface area contributed by atoms with E-state index in [9.17, 15) is 22.8 Å². The van der Waals surface area contributed by atoms with Crippen LogP contribution in [0.25, 0.3) is 0 Å². The van der Waals surface area contributed by atoms with Gasteiger partial charge in [-0.15, -0.1) is 0 Å². The number of esters is 1. The lowest BCUT2D eigenvalue weighted by Gasteiger charge is -2.08. The van der Waals surface area contributed by atoms with Crippen LogP contribution >= 0.6 is 11.8 Å². The van der Waals surface area contributed by atoms with E-state index in [4.69, 9.17) is 4.74 Å². The molecule has 1 aliphatic carbocycles. The first-order valence-electron chi connectivity index (χ1n) is 8.46. The van der Waals surface area contributed by atoms with Crippen LogP contribution in [0.2, 0.25) is 0 Å². The Bertz CT molecular complexity index is 968. The molecular formula is C18H16F3N3O4S. The number of hydrogen-bond donors (Lipinski definition) is 0. The number of hydrogen-bond acceptors (Lipinski definition) is 7. The van der Waals surface area contributed by atoms with Gasteiger partial charge < -0.3 is 9.57 Å². The summed E-state index contributed by atoms with van der Waals surface area (Å²) in [6, 6.07) is 6.33. The molecule has 0 aliphatic heterocycles. The molecule has 29 heavy (non-hydrogen) atoms. The molecule has 0 saturated heterocycles. The number of rotatable bonds is 6. The monoisotopic (exact) mass is 427 g/mol. The molecule has 154 valence electrons. The number of halogens is 3. The minimum Gasteiger partial charge on any atom is -0.465 e. The number of methoxy groups -OCH3 is 1. The summed E-state index contributed by atoms with van der Waals surface area (Å²) in [5.74, 6) is -1.45. The zero-order valence-electron chi connectivity index (χ0n) is 15.4. The highest BCUT2D eigenvalue weighted by Gasteiger charge is 2.39. The topological polar surface area (TPSA) is 82.8 Å². The summed E-state index contributed by atoms with van der Waals surface area (Å²) in [4.78, 5) is 28.6. The molecule has 1 saturated carbocycles. The summed E-state index contributed by atoms with van der Waals surface area (Å²) in [5.41, 5.74) is -1.35. The lowest BCUT2D eigenvalue weighted by atomic mass is 10.2. The molecule has 0 bridgehead atoms. The van der Waals surface area contributed by atoms with Gasteiger partial charge in [-0.1, -0.05) is 29.1 Å². The Kier molecular flexibility index (Phi) is 5.96. The minimum atomic E-state index is -4.75. The molecule has 0 unspecified atom stereocenters. The van der Waals surface area contributed by atoms with Crippen molar-refractivity contribution in [2.45, 2.75) is 28.9 Å². The van der Waals surface area contributed by atoms with Gasteiger partial charge in [0.05, 0.1) is 30.4 Å². The van der Waals surface area contributed by atoms with Crippen LogP contribution in [0, 0.1) is 5.92 Å². The first-order chi connectivity index (χ1) is 13.7. The summed E-state index contributed by atoms with van der Waals surface area (Å²) in [6.45, 7) is 0. The molecule has 2 aromatic rings. The third kappa shape index (κ3) is 4.78. The fourth-order valence-corrected chi connectivity index (χ4v) is 3.48. The second kappa shape index (κ2) is 8.27. The Hall–Kier alpha value is -2.82. The average molecular weight is 427 g/mol. The van der Waals surface area contributed by atoms with Crippen molar-refractivity contribution in [1.29, 1.82) is 0 Å². The molecule has 3 rings (SSSR count). The Morgan fingerprint density at radius 3 is 2.62 bits per heavy atom. The van der Waals surface area contributed by atoms with Gasteiger partial charge in [-0.25, -0.2) is 9.59 Å². The third-order valence-electron chi connectivity index (χ3n) is 4.03. The normalized spacial score (nSPS) is 14.2. The molecule has 0 amide bonds. The first-order valence-corrected chi connectivity index (χ1v) is 9.27. The van der Waals surface area contributed by atoms with Crippen molar-refractivity contribution in [3.63, 3.8) is 0 Å². The largest absolute Gasteiger partial charge is 0.465 e. The van der Waals surface area contributed by atoms with Crippen LogP contribution < -0.4 is 0 Å². The predicted molar refractivity (Wildman–Crippen MR) is 96.5 cm³/mol. The van der Waals surface area contributed by atoms with Crippen LogP contribution in [0.4, 0.5) is 13.2 Å². The Labute approximate surface area is 167 Å². The Morgan fingerprint density at radius 2 is 2.00 bits per heavy atom. The van der Waals surface area contributed by atoms with Crippen molar-refractivity contribution in [3.8, 4) is 0 Å². The number of carbonyl (C=O) groups is 2. The van der Waals surface area contributed by atoms with Gasteiger partial charge in [-0.2, -0.15) is 18.3 Å². The number of aryl methyl sites for hydroxylation is 1. The van der Waals surface area contributed by atoms with Crippen LogP contribution in [0.15, 0.2) is 39.3 Å². The Morgan fingerprint density at radius 1 is 1.31 bits per heavy atom. The number of alkyl halides is 3. The smallest absolute Gasteiger partial charge is 0.435 e. The molecule has 7 nitrogen and oxygen atoms in total. The zero-order valence-corrected chi connectivity index (χ0v) is 16.2. The van der Waals surface area contributed by atoms with Crippen molar-refractivity contribution in [2.75, 3.05) is 7.11 Å². The zero-order chi connectivity index (χ0) is 21.2. The number of ether oxygens (including phenoxy) is 1. The second-order valence-corrected chi connectivity index (χ2v) is 7.23. The van der Waals surface area contributed by atoms with E-state index in [2.05, 4.69) is 15.1 Å². The summed E-state index contributed by atoms with van der Waals surface area (Å²) in [7, 11) is 2.55. The van der Waals surface area contributed by atoms with Gasteiger partial charge in [0, 0.05) is 11.9 Å². The van der Waals surface area contributed by atoms with E-state index >= 15 is 0 Å². The lowest BCUT2D eigenvalue weighted by Crippen LogP contribution is -2.09. The van der Waals surface area contributed by atoms with Gasteiger partial charge in [0.25, 0.3) is 0 Å². The highest BCUT2D eigenvalue weighted by Crippen LogP contribution is 2.38. The van der Waals surface area contributed by atoms with Crippen molar-refractivity contribution in [3.05, 3.63) is 41.1 Å². The van der Waals surface area contributed by atoms with Crippen LogP contribution in [0.1, 0.15) is 34.5 Å². The molecule has 1 aromatic carbocycles. The molecule has 1 heterocycles. The van der Waals surface area contributed by atoms with Crippen LogP contribution in [-0.2, 0) is 27.6 Å². The van der Waals surface area contributed by atoms with Crippen LogP contribution in [0.5, 0.6) is 0 Å². The fourth-order valence-electron chi connectivity index (χ4n) is 2.43. The van der Waals surface area contributed by atoms with E-state index in [1.165, 1.54) is 20.2 Å². The molecule has 1 fully saturated rings. The lowest BCUT2D eigenvalue weighted by molar-refractivity contribution is -0.145. The SMILES string of the molecule is COC(=O)c1ccccc1Sc1c(/C=N\OC(=O)C2CC2)c(C(F)(F)F)nn1C. The van der Waals surface area contributed by atoms with E-state index in [0.29, 0.717) is 17.7 Å². The van der Waals surface area contributed by atoms with Gasteiger partial charge >= 0.3 is 18.1 Å². The van der Waals surface area contributed by atoms with Gasteiger partial charge in [-0.3, -0.25) is 4.68 Å². The molecule has 11 heteroatoms. The van der Waals surface area contributed by atoms with Gasteiger partial charge in [0.2, 0.25) is 0 Å². The number of oxime groups is 1.